The second kappa shape index (κ2) is 5.45. The van der Waals surface area contributed by atoms with Crippen LogP contribution >= 0.6 is 0 Å². The van der Waals surface area contributed by atoms with E-state index in [9.17, 15) is 9.18 Å². The monoisotopic (exact) mass is 276 g/mol. The largest absolute Gasteiger partial charge is 0.361 e. The van der Waals surface area contributed by atoms with Crippen LogP contribution in [0.2, 0.25) is 0 Å². The maximum atomic E-state index is 13.8. The highest BCUT2D eigenvalue weighted by Crippen LogP contribution is 2.21. The van der Waals surface area contributed by atoms with Gasteiger partial charge in [-0.3, -0.25) is 4.79 Å². The summed E-state index contributed by atoms with van der Waals surface area (Å²) in [6.07, 6.45) is 0. The molecule has 0 saturated carbocycles. The van der Waals surface area contributed by atoms with Crippen molar-refractivity contribution in [2.75, 3.05) is 0 Å². The normalized spacial score (nSPS) is 12.2. The fourth-order valence-electron chi connectivity index (χ4n) is 2.26. The molecule has 1 N–H and O–H groups in total. The van der Waals surface area contributed by atoms with Crippen molar-refractivity contribution in [2.24, 2.45) is 0 Å². The van der Waals surface area contributed by atoms with E-state index in [2.05, 4.69) is 10.5 Å². The Morgan fingerprint density at radius 2 is 2.05 bits per heavy atom. The van der Waals surface area contributed by atoms with E-state index in [4.69, 9.17) is 4.52 Å². The molecule has 2 aromatic rings. The highest BCUT2D eigenvalue weighted by Gasteiger charge is 2.20. The quantitative estimate of drug-likeness (QED) is 0.936. The number of carbonyl (C=O) groups is 1. The van der Waals surface area contributed by atoms with E-state index < -0.39 is 11.7 Å². The molecule has 20 heavy (non-hydrogen) atoms. The number of hydrogen-bond donors (Lipinski definition) is 1. The molecule has 0 aliphatic rings. The zero-order valence-electron chi connectivity index (χ0n) is 12.0. The molecule has 1 atom stereocenters. The van der Waals surface area contributed by atoms with Crippen molar-refractivity contribution in [1.82, 2.24) is 10.5 Å². The Balaban J connectivity index is 2.19. The summed E-state index contributed by atoms with van der Waals surface area (Å²) in [4.78, 5) is 12.1. The number of nitrogens with one attached hydrogen (secondary N) is 1. The first-order valence-corrected chi connectivity index (χ1v) is 6.40. The molecule has 1 aromatic heterocycles. The van der Waals surface area contributed by atoms with Gasteiger partial charge in [0.05, 0.1) is 17.3 Å². The number of aryl methyl sites for hydroxylation is 3. The van der Waals surface area contributed by atoms with Gasteiger partial charge in [0, 0.05) is 5.56 Å². The summed E-state index contributed by atoms with van der Waals surface area (Å²) in [6, 6.07) is 4.24. The first kappa shape index (κ1) is 14.2. The summed E-state index contributed by atoms with van der Waals surface area (Å²) in [5.41, 5.74) is 2.36. The minimum absolute atomic E-state index is 0.0363. The van der Waals surface area contributed by atoms with E-state index in [1.54, 1.807) is 26.8 Å². The van der Waals surface area contributed by atoms with Crippen molar-refractivity contribution >= 4 is 5.91 Å². The van der Waals surface area contributed by atoms with E-state index >= 15 is 0 Å². The van der Waals surface area contributed by atoms with Crippen molar-refractivity contribution in [1.29, 1.82) is 0 Å². The second-order valence-corrected chi connectivity index (χ2v) is 4.92. The molecule has 1 heterocycles. The van der Waals surface area contributed by atoms with E-state index in [1.807, 2.05) is 6.92 Å². The Bertz CT molecular complexity index is 630. The minimum Gasteiger partial charge on any atom is -0.361 e. The van der Waals surface area contributed by atoms with Crippen LogP contribution in [-0.4, -0.2) is 11.1 Å². The number of rotatable bonds is 3. The van der Waals surface area contributed by atoms with Crippen molar-refractivity contribution in [3.8, 4) is 0 Å². The van der Waals surface area contributed by atoms with Crippen LogP contribution < -0.4 is 5.32 Å². The number of aromatic nitrogens is 1. The van der Waals surface area contributed by atoms with Crippen molar-refractivity contribution in [2.45, 2.75) is 33.7 Å². The molecule has 0 radical (unpaired) electrons. The summed E-state index contributed by atoms with van der Waals surface area (Å²) in [7, 11) is 0. The third-order valence-corrected chi connectivity index (χ3v) is 3.24. The Morgan fingerprint density at radius 1 is 1.35 bits per heavy atom. The number of benzene rings is 1. The molecule has 0 spiro atoms. The number of carbonyl (C=O) groups excluding carboxylic acids is 1. The lowest BCUT2D eigenvalue weighted by atomic mass is 10.1. The molecule has 5 heteroatoms. The Kier molecular flexibility index (Phi) is 3.88. The molecule has 0 aliphatic heterocycles. The molecule has 1 amide bonds. The van der Waals surface area contributed by atoms with Gasteiger partial charge in [0.25, 0.3) is 5.91 Å². The summed E-state index contributed by atoms with van der Waals surface area (Å²) in [6.45, 7) is 7.18. The average Bonchev–Trinajstić information content (AvgIpc) is 2.68. The number of amides is 1. The minimum atomic E-state index is -0.520. The van der Waals surface area contributed by atoms with Crippen LogP contribution in [0.15, 0.2) is 22.7 Å². The molecule has 0 fully saturated rings. The summed E-state index contributed by atoms with van der Waals surface area (Å²) in [5.74, 6) is -0.317. The summed E-state index contributed by atoms with van der Waals surface area (Å²) >= 11 is 0. The molecule has 4 nitrogen and oxygen atoms in total. The predicted octanol–water partition coefficient (Wildman–Crippen LogP) is 3.23. The zero-order valence-corrected chi connectivity index (χ0v) is 12.0. The topological polar surface area (TPSA) is 55.1 Å². The van der Waals surface area contributed by atoms with E-state index in [0.29, 0.717) is 5.76 Å². The SMILES string of the molecule is Cc1ccc(C(=O)NC(C)c2c(C)noc2C)c(F)c1. The first-order chi connectivity index (χ1) is 9.40. The lowest BCUT2D eigenvalue weighted by Crippen LogP contribution is -2.28. The van der Waals surface area contributed by atoms with E-state index in [-0.39, 0.29) is 11.6 Å². The molecular weight excluding hydrogens is 259 g/mol. The van der Waals surface area contributed by atoms with Gasteiger partial charge in [-0.05, 0) is 45.4 Å². The fourth-order valence-corrected chi connectivity index (χ4v) is 2.26. The summed E-state index contributed by atoms with van der Waals surface area (Å²) < 4.78 is 18.8. The fraction of sp³-hybridized carbons (Fsp3) is 0.333. The first-order valence-electron chi connectivity index (χ1n) is 6.40. The number of nitrogens with zero attached hydrogens (tertiary/aromatic N) is 1. The third kappa shape index (κ3) is 2.71. The molecule has 106 valence electrons. The van der Waals surface area contributed by atoms with Crippen molar-refractivity contribution < 1.29 is 13.7 Å². The van der Waals surface area contributed by atoms with Crippen LogP contribution in [0.5, 0.6) is 0 Å². The zero-order chi connectivity index (χ0) is 14.9. The van der Waals surface area contributed by atoms with Crippen LogP contribution in [0.4, 0.5) is 4.39 Å². The van der Waals surface area contributed by atoms with Crippen molar-refractivity contribution in [3.05, 3.63) is 52.2 Å². The van der Waals surface area contributed by atoms with Crippen LogP contribution in [0.25, 0.3) is 0 Å². The van der Waals surface area contributed by atoms with Gasteiger partial charge in [0.15, 0.2) is 0 Å². The summed E-state index contributed by atoms with van der Waals surface area (Å²) in [5, 5.41) is 6.61. The molecule has 2 rings (SSSR count). The highest BCUT2D eigenvalue weighted by atomic mass is 19.1. The lowest BCUT2D eigenvalue weighted by molar-refractivity contribution is 0.0935. The van der Waals surface area contributed by atoms with Gasteiger partial charge in [-0.1, -0.05) is 11.2 Å². The van der Waals surface area contributed by atoms with Crippen molar-refractivity contribution in [3.63, 3.8) is 0 Å². The van der Waals surface area contributed by atoms with Crippen LogP contribution in [0.3, 0.4) is 0 Å². The maximum Gasteiger partial charge on any atom is 0.254 e. The maximum absolute atomic E-state index is 13.8. The Hall–Kier alpha value is -2.17. The van der Waals surface area contributed by atoms with Gasteiger partial charge in [0.2, 0.25) is 0 Å². The van der Waals surface area contributed by atoms with Crippen LogP contribution in [0, 0.1) is 26.6 Å². The number of halogens is 1. The van der Waals surface area contributed by atoms with Gasteiger partial charge < -0.3 is 9.84 Å². The molecule has 1 aromatic carbocycles. The van der Waals surface area contributed by atoms with Gasteiger partial charge in [-0.25, -0.2) is 4.39 Å². The molecule has 0 aliphatic carbocycles. The van der Waals surface area contributed by atoms with Crippen LogP contribution in [0.1, 0.15) is 45.9 Å². The van der Waals surface area contributed by atoms with Crippen LogP contribution in [-0.2, 0) is 0 Å². The molecule has 0 bridgehead atoms. The van der Waals surface area contributed by atoms with Gasteiger partial charge >= 0.3 is 0 Å². The van der Waals surface area contributed by atoms with Gasteiger partial charge in [-0.15, -0.1) is 0 Å². The Labute approximate surface area is 117 Å². The van der Waals surface area contributed by atoms with E-state index in [1.165, 1.54) is 12.1 Å². The predicted molar refractivity (Wildman–Crippen MR) is 73.0 cm³/mol. The average molecular weight is 276 g/mol. The number of hydrogen-bond acceptors (Lipinski definition) is 3. The highest BCUT2D eigenvalue weighted by molar-refractivity contribution is 5.94. The third-order valence-electron chi connectivity index (χ3n) is 3.24. The van der Waals surface area contributed by atoms with Gasteiger partial charge in [-0.2, -0.15) is 0 Å². The standard InChI is InChI=1S/C15H17FN2O2/c1-8-5-6-12(13(16)7-8)15(19)17-9(2)14-10(3)18-20-11(14)4/h5-7,9H,1-4H3,(H,17,19). The second-order valence-electron chi connectivity index (χ2n) is 4.92. The Morgan fingerprint density at radius 3 is 2.60 bits per heavy atom. The molecule has 1 unspecified atom stereocenters. The molecular formula is C15H17FN2O2. The van der Waals surface area contributed by atoms with Gasteiger partial charge in [0.1, 0.15) is 11.6 Å². The van der Waals surface area contributed by atoms with E-state index in [0.717, 1.165) is 16.8 Å². The smallest absolute Gasteiger partial charge is 0.254 e. The lowest BCUT2D eigenvalue weighted by Gasteiger charge is -2.14. The molecule has 0 saturated heterocycles.